The summed E-state index contributed by atoms with van der Waals surface area (Å²) in [4.78, 5) is 44.4. The van der Waals surface area contributed by atoms with E-state index in [1.807, 2.05) is 49.4 Å². The largest absolute Gasteiger partial charge is 0.341 e. The van der Waals surface area contributed by atoms with Gasteiger partial charge in [0.25, 0.3) is 11.8 Å². The van der Waals surface area contributed by atoms with Gasteiger partial charge in [-0.25, -0.2) is 0 Å². The lowest BCUT2D eigenvalue weighted by Gasteiger charge is -2.27. The van der Waals surface area contributed by atoms with Gasteiger partial charge >= 0.3 is 0 Å². The molecule has 0 aliphatic carbocycles. The third-order valence-electron chi connectivity index (χ3n) is 7.46. The van der Waals surface area contributed by atoms with Crippen molar-refractivity contribution in [3.8, 4) is 0 Å². The molecule has 0 bridgehead atoms. The number of benzene rings is 4. The fourth-order valence-corrected chi connectivity index (χ4v) is 5.16. The molecule has 1 aliphatic heterocycles. The minimum Gasteiger partial charge on any atom is -0.341 e. The lowest BCUT2D eigenvalue weighted by atomic mass is 9.99. The molecule has 0 radical (unpaired) electrons. The molecule has 0 saturated carbocycles. The van der Waals surface area contributed by atoms with Crippen molar-refractivity contribution < 1.29 is 14.4 Å². The van der Waals surface area contributed by atoms with E-state index in [4.69, 9.17) is 11.6 Å². The molecule has 8 heteroatoms. The van der Waals surface area contributed by atoms with Crippen LogP contribution in [0.3, 0.4) is 0 Å². The van der Waals surface area contributed by atoms with Gasteiger partial charge in [-0.1, -0.05) is 60.1 Å². The van der Waals surface area contributed by atoms with Crippen LogP contribution in [-0.4, -0.2) is 43.4 Å². The molecule has 2 unspecified atom stereocenters. The first-order valence-electron chi connectivity index (χ1n) is 13.2. The zero-order valence-corrected chi connectivity index (χ0v) is 23.4. The van der Waals surface area contributed by atoms with Gasteiger partial charge in [0.05, 0.1) is 30.5 Å². The van der Waals surface area contributed by atoms with Crippen LogP contribution >= 0.6 is 11.6 Å². The number of hydrogen-bond acceptors (Lipinski definition) is 4. The molecule has 7 nitrogen and oxygen atoms in total. The first-order valence-corrected chi connectivity index (χ1v) is 13.6. The zero-order chi connectivity index (χ0) is 28.4. The summed E-state index contributed by atoms with van der Waals surface area (Å²) in [7, 11) is 1.68. The monoisotopic (exact) mass is 554 g/mol. The molecule has 2 atom stereocenters. The predicted octanol–water partition coefficient (Wildman–Crippen LogP) is 5.09. The van der Waals surface area contributed by atoms with Crippen LogP contribution in [-0.2, 0) is 16.1 Å². The third-order valence-corrected chi connectivity index (χ3v) is 7.71. The standard InChI is InChI=1S/C32H31ClN4O3/c1-20-12-13-22-8-4-5-9-25(22)26(20)18-36-28-10-6-7-11-29(28)37(31(39)23-14-16-24(33)17-15-23)19-27(32(36)40)35-30(38)21(2)34-3/h4-17,21,27,34H,18-19H2,1-3H3,(H,35,38). The van der Waals surface area contributed by atoms with Crippen LogP contribution < -0.4 is 20.4 Å². The Morgan fingerprint density at radius 1 is 0.950 bits per heavy atom. The zero-order valence-electron chi connectivity index (χ0n) is 22.6. The van der Waals surface area contributed by atoms with E-state index in [1.165, 1.54) is 0 Å². The molecule has 3 amide bonds. The number of carbonyl (C=O) groups is 3. The van der Waals surface area contributed by atoms with Gasteiger partial charge in [-0.15, -0.1) is 0 Å². The number of amides is 3. The maximum Gasteiger partial charge on any atom is 0.258 e. The van der Waals surface area contributed by atoms with Gasteiger partial charge in [0.1, 0.15) is 6.04 Å². The number of rotatable bonds is 6. The number of anilines is 2. The van der Waals surface area contributed by atoms with Crippen LogP contribution in [0.25, 0.3) is 10.8 Å². The predicted molar refractivity (Wildman–Crippen MR) is 160 cm³/mol. The molecule has 4 aromatic carbocycles. The molecular weight excluding hydrogens is 524 g/mol. The number of hydrogen-bond donors (Lipinski definition) is 2. The summed E-state index contributed by atoms with van der Waals surface area (Å²) in [5.41, 5.74) is 3.67. The lowest BCUT2D eigenvalue weighted by molar-refractivity contribution is -0.128. The average molecular weight is 555 g/mol. The van der Waals surface area contributed by atoms with Crippen molar-refractivity contribution in [2.75, 3.05) is 23.4 Å². The third kappa shape index (κ3) is 5.30. The number of carbonyl (C=O) groups excluding carboxylic acids is 3. The second-order valence-electron chi connectivity index (χ2n) is 9.99. The van der Waals surface area contributed by atoms with Crippen molar-refractivity contribution in [3.63, 3.8) is 0 Å². The van der Waals surface area contributed by atoms with Crippen LogP contribution in [0.4, 0.5) is 11.4 Å². The Labute approximate surface area is 238 Å². The molecule has 40 heavy (non-hydrogen) atoms. The lowest BCUT2D eigenvalue weighted by Crippen LogP contribution is -2.55. The van der Waals surface area contributed by atoms with E-state index >= 15 is 0 Å². The van der Waals surface area contributed by atoms with Gasteiger partial charge in [-0.2, -0.15) is 0 Å². The first-order chi connectivity index (χ1) is 19.3. The summed E-state index contributed by atoms with van der Waals surface area (Å²) >= 11 is 6.07. The Morgan fingerprint density at radius 3 is 2.35 bits per heavy atom. The summed E-state index contributed by atoms with van der Waals surface area (Å²) in [5.74, 6) is -0.907. The highest BCUT2D eigenvalue weighted by molar-refractivity contribution is 6.30. The Morgan fingerprint density at radius 2 is 1.62 bits per heavy atom. The topological polar surface area (TPSA) is 81.8 Å². The Kier molecular flexibility index (Phi) is 7.87. The van der Waals surface area contributed by atoms with Crippen molar-refractivity contribution in [2.45, 2.75) is 32.5 Å². The molecule has 204 valence electrons. The molecule has 1 heterocycles. The molecule has 0 fully saturated rings. The van der Waals surface area contributed by atoms with Gasteiger partial charge in [0.15, 0.2) is 0 Å². The number of para-hydroxylation sites is 2. The van der Waals surface area contributed by atoms with Crippen molar-refractivity contribution in [1.82, 2.24) is 10.6 Å². The smallest absolute Gasteiger partial charge is 0.258 e. The fraction of sp³-hybridized carbons (Fsp3) is 0.219. The van der Waals surface area contributed by atoms with Gasteiger partial charge in [-0.3, -0.25) is 14.4 Å². The highest BCUT2D eigenvalue weighted by Crippen LogP contribution is 2.36. The number of likely N-dealkylation sites (N-methyl/N-ethyl adjacent to an activating group) is 1. The van der Waals surface area contributed by atoms with Crippen molar-refractivity contribution in [2.24, 2.45) is 0 Å². The number of fused-ring (bicyclic) bond motifs is 2. The highest BCUT2D eigenvalue weighted by Gasteiger charge is 2.38. The van der Waals surface area contributed by atoms with Crippen LogP contribution in [0.5, 0.6) is 0 Å². The summed E-state index contributed by atoms with van der Waals surface area (Å²) in [6.45, 7) is 4.00. The van der Waals surface area contributed by atoms with Crippen LogP contribution in [0.2, 0.25) is 5.02 Å². The van der Waals surface area contributed by atoms with E-state index in [1.54, 1.807) is 48.0 Å². The molecular formula is C32H31ClN4O3. The number of nitrogens with one attached hydrogen (secondary N) is 2. The van der Waals surface area contributed by atoms with Crippen LogP contribution in [0, 0.1) is 6.92 Å². The molecule has 0 spiro atoms. The highest BCUT2D eigenvalue weighted by atomic mass is 35.5. The van der Waals surface area contributed by atoms with Gasteiger partial charge < -0.3 is 20.4 Å². The second-order valence-corrected chi connectivity index (χ2v) is 10.4. The SMILES string of the molecule is CNC(C)C(=O)NC1CN(C(=O)c2ccc(Cl)cc2)c2ccccc2N(Cc2c(C)ccc3ccccc23)C1=O. The minimum atomic E-state index is -0.970. The van der Waals surface area contributed by atoms with Gasteiger partial charge in [0, 0.05) is 10.6 Å². The van der Waals surface area contributed by atoms with Gasteiger partial charge in [0.2, 0.25) is 5.91 Å². The van der Waals surface area contributed by atoms with E-state index in [9.17, 15) is 14.4 Å². The van der Waals surface area contributed by atoms with E-state index in [-0.39, 0.29) is 30.8 Å². The van der Waals surface area contributed by atoms with Crippen molar-refractivity contribution >= 4 is 51.5 Å². The molecule has 5 rings (SSSR count). The van der Waals surface area contributed by atoms with Crippen molar-refractivity contribution in [3.05, 3.63) is 107 Å². The summed E-state index contributed by atoms with van der Waals surface area (Å²) < 4.78 is 0. The van der Waals surface area contributed by atoms with E-state index in [0.29, 0.717) is 22.0 Å². The fourth-order valence-electron chi connectivity index (χ4n) is 5.04. The number of halogens is 1. The normalized spacial score (nSPS) is 15.9. The van der Waals surface area contributed by atoms with E-state index < -0.39 is 12.1 Å². The molecule has 4 aromatic rings. The van der Waals surface area contributed by atoms with Crippen molar-refractivity contribution in [1.29, 1.82) is 0 Å². The maximum atomic E-state index is 14.3. The summed E-state index contributed by atoms with van der Waals surface area (Å²) in [6, 6.07) is 24.7. The minimum absolute atomic E-state index is 0.0233. The quantitative estimate of drug-likeness (QED) is 0.348. The Hall–Kier alpha value is -4.20. The Bertz CT molecular complexity index is 1590. The maximum absolute atomic E-state index is 14.3. The first kappa shape index (κ1) is 27.4. The van der Waals surface area contributed by atoms with E-state index in [2.05, 4.69) is 28.8 Å². The average Bonchev–Trinajstić information content (AvgIpc) is 3.08. The molecule has 1 aliphatic rings. The molecule has 2 N–H and O–H groups in total. The molecule has 0 aromatic heterocycles. The molecule has 0 saturated heterocycles. The number of nitrogens with zero attached hydrogens (tertiary/aromatic N) is 2. The Balaban J connectivity index is 1.63. The van der Waals surface area contributed by atoms with Crippen LogP contribution in [0.1, 0.15) is 28.4 Å². The number of aryl methyl sites for hydroxylation is 1. The van der Waals surface area contributed by atoms with E-state index in [0.717, 1.165) is 21.9 Å². The van der Waals surface area contributed by atoms with Gasteiger partial charge in [-0.05, 0) is 79.2 Å². The summed E-state index contributed by atoms with van der Waals surface area (Å²) in [5, 5.41) is 8.46. The second kappa shape index (κ2) is 11.5. The van der Waals surface area contributed by atoms with Crippen LogP contribution in [0.15, 0.2) is 84.9 Å². The summed E-state index contributed by atoms with van der Waals surface area (Å²) in [6.07, 6.45) is 0.